The summed E-state index contributed by atoms with van der Waals surface area (Å²) in [5.74, 6) is -1.07. The van der Waals surface area contributed by atoms with Gasteiger partial charge in [0, 0.05) is 19.0 Å². The van der Waals surface area contributed by atoms with E-state index in [9.17, 15) is 14.0 Å². The number of amides is 2. The first-order chi connectivity index (χ1) is 10.5. The van der Waals surface area contributed by atoms with Crippen molar-refractivity contribution < 1.29 is 14.0 Å². The van der Waals surface area contributed by atoms with Crippen molar-refractivity contribution >= 4 is 23.2 Å². The van der Waals surface area contributed by atoms with E-state index in [-0.39, 0.29) is 23.9 Å². The summed E-state index contributed by atoms with van der Waals surface area (Å²) in [6.07, 6.45) is 0.841. The van der Waals surface area contributed by atoms with E-state index in [0.717, 1.165) is 5.56 Å². The molecule has 5 heteroatoms. The summed E-state index contributed by atoms with van der Waals surface area (Å²) < 4.78 is 13.7. The molecular formula is C17H17FN2O2. The minimum absolute atomic E-state index is 0.0595. The molecule has 0 saturated heterocycles. The molecule has 2 rings (SSSR count). The number of carbonyl (C=O) groups excluding carboxylic acids is 2. The van der Waals surface area contributed by atoms with Crippen molar-refractivity contribution in [1.29, 1.82) is 0 Å². The van der Waals surface area contributed by atoms with Crippen LogP contribution >= 0.6 is 0 Å². The van der Waals surface area contributed by atoms with Gasteiger partial charge in [-0.3, -0.25) is 9.59 Å². The summed E-state index contributed by atoms with van der Waals surface area (Å²) in [4.78, 5) is 22.9. The third-order valence-electron chi connectivity index (χ3n) is 3.04. The zero-order valence-electron chi connectivity index (χ0n) is 12.2. The number of halogens is 1. The molecule has 0 aromatic heterocycles. The fourth-order valence-corrected chi connectivity index (χ4v) is 2.02. The van der Waals surface area contributed by atoms with Crippen molar-refractivity contribution in [1.82, 2.24) is 0 Å². The van der Waals surface area contributed by atoms with Gasteiger partial charge < -0.3 is 10.6 Å². The van der Waals surface area contributed by atoms with Gasteiger partial charge in [-0.25, -0.2) is 4.39 Å². The van der Waals surface area contributed by atoms with Gasteiger partial charge in [-0.05, 0) is 30.2 Å². The first-order valence-electron chi connectivity index (χ1n) is 6.95. The highest BCUT2D eigenvalue weighted by Crippen LogP contribution is 2.20. The minimum Gasteiger partial charge on any atom is -0.326 e. The Labute approximate surface area is 128 Å². The van der Waals surface area contributed by atoms with Crippen LogP contribution < -0.4 is 10.6 Å². The second kappa shape index (κ2) is 7.36. The molecule has 0 bridgehead atoms. The van der Waals surface area contributed by atoms with Crippen molar-refractivity contribution in [2.24, 2.45) is 0 Å². The molecule has 22 heavy (non-hydrogen) atoms. The third-order valence-corrected chi connectivity index (χ3v) is 3.04. The molecule has 4 nitrogen and oxygen atoms in total. The smallest absolute Gasteiger partial charge is 0.224 e. The molecule has 0 saturated carbocycles. The van der Waals surface area contributed by atoms with E-state index in [1.807, 2.05) is 30.3 Å². The Hall–Kier alpha value is -2.69. The molecule has 2 aromatic rings. The SMILES string of the molecule is CC(=O)Nc1ccc(F)c(NC(=O)CCc2ccccc2)c1. The molecule has 114 valence electrons. The lowest BCUT2D eigenvalue weighted by Crippen LogP contribution is -2.14. The van der Waals surface area contributed by atoms with Gasteiger partial charge >= 0.3 is 0 Å². The summed E-state index contributed by atoms with van der Waals surface area (Å²) >= 11 is 0. The zero-order valence-corrected chi connectivity index (χ0v) is 12.2. The van der Waals surface area contributed by atoms with Gasteiger partial charge in [-0.15, -0.1) is 0 Å². The van der Waals surface area contributed by atoms with Gasteiger partial charge in [-0.1, -0.05) is 30.3 Å². The lowest BCUT2D eigenvalue weighted by atomic mass is 10.1. The second-order valence-electron chi connectivity index (χ2n) is 4.91. The van der Waals surface area contributed by atoms with Crippen LogP contribution in [0.4, 0.5) is 15.8 Å². The molecular weight excluding hydrogens is 283 g/mol. The Morgan fingerprint density at radius 2 is 1.77 bits per heavy atom. The van der Waals surface area contributed by atoms with Crippen LogP contribution in [-0.4, -0.2) is 11.8 Å². The number of benzene rings is 2. The molecule has 0 radical (unpaired) electrons. The molecule has 0 atom stereocenters. The van der Waals surface area contributed by atoms with Gasteiger partial charge in [0.2, 0.25) is 11.8 Å². The zero-order chi connectivity index (χ0) is 15.9. The maximum atomic E-state index is 13.7. The van der Waals surface area contributed by atoms with Crippen molar-refractivity contribution in [3.05, 3.63) is 59.9 Å². The van der Waals surface area contributed by atoms with E-state index in [1.165, 1.54) is 25.1 Å². The van der Waals surface area contributed by atoms with Gasteiger partial charge in [0.25, 0.3) is 0 Å². The largest absolute Gasteiger partial charge is 0.326 e. The van der Waals surface area contributed by atoms with Gasteiger partial charge in [-0.2, -0.15) is 0 Å². The highest BCUT2D eigenvalue weighted by Gasteiger charge is 2.09. The average Bonchev–Trinajstić information content (AvgIpc) is 2.49. The highest BCUT2D eigenvalue weighted by atomic mass is 19.1. The first-order valence-corrected chi connectivity index (χ1v) is 6.95. The van der Waals surface area contributed by atoms with Crippen LogP contribution in [0, 0.1) is 5.82 Å². The van der Waals surface area contributed by atoms with Crippen LogP contribution in [-0.2, 0) is 16.0 Å². The number of anilines is 2. The maximum absolute atomic E-state index is 13.7. The normalized spacial score (nSPS) is 10.1. The van der Waals surface area contributed by atoms with Gasteiger partial charge in [0.05, 0.1) is 5.69 Å². The first kappa shape index (κ1) is 15.7. The van der Waals surface area contributed by atoms with Crippen LogP contribution in [0.5, 0.6) is 0 Å². The van der Waals surface area contributed by atoms with E-state index in [4.69, 9.17) is 0 Å². The number of carbonyl (C=O) groups is 2. The molecule has 2 amide bonds. The average molecular weight is 300 g/mol. The second-order valence-corrected chi connectivity index (χ2v) is 4.91. The predicted octanol–water partition coefficient (Wildman–Crippen LogP) is 3.36. The summed E-state index contributed by atoms with van der Waals surface area (Å²) in [7, 11) is 0. The number of hydrogen-bond acceptors (Lipinski definition) is 2. The lowest BCUT2D eigenvalue weighted by molar-refractivity contribution is -0.116. The molecule has 2 N–H and O–H groups in total. The van der Waals surface area contributed by atoms with Crippen LogP contribution in [0.1, 0.15) is 18.9 Å². The topological polar surface area (TPSA) is 58.2 Å². The molecule has 0 heterocycles. The molecule has 0 aliphatic carbocycles. The maximum Gasteiger partial charge on any atom is 0.224 e. The van der Waals surface area contributed by atoms with Crippen molar-refractivity contribution in [2.75, 3.05) is 10.6 Å². The fourth-order valence-electron chi connectivity index (χ4n) is 2.02. The van der Waals surface area contributed by atoms with Gasteiger partial charge in [0.15, 0.2) is 0 Å². The number of hydrogen-bond donors (Lipinski definition) is 2. The molecule has 0 spiro atoms. The summed E-state index contributed by atoms with van der Waals surface area (Å²) in [5.41, 5.74) is 1.54. The Morgan fingerprint density at radius 3 is 2.45 bits per heavy atom. The van der Waals surface area contributed by atoms with E-state index in [2.05, 4.69) is 10.6 Å². The fraction of sp³-hybridized carbons (Fsp3) is 0.176. The summed E-state index contributed by atoms with van der Waals surface area (Å²) in [6.45, 7) is 1.36. The molecule has 0 unspecified atom stereocenters. The Morgan fingerprint density at radius 1 is 1.05 bits per heavy atom. The van der Waals surface area contributed by atoms with E-state index in [1.54, 1.807) is 0 Å². The van der Waals surface area contributed by atoms with Crippen LogP contribution in [0.25, 0.3) is 0 Å². The van der Waals surface area contributed by atoms with E-state index < -0.39 is 5.82 Å². The Kier molecular flexibility index (Phi) is 5.25. The Bertz CT molecular complexity index is 672. The number of rotatable bonds is 5. The monoisotopic (exact) mass is 300 g/mol. The van der Waals surface area contributed by atoms with Crippen LogP contribution in [0.3, 0.4) is 0 Å². The molecule has 0 fully saturated rings. The highest BCUT2D eigenvalue weighted by molar-refractivity contribution is 5.93. The lowest BCUT2D eigenvalue weighted by Gasteiger charge is -2.09. The van der Waals surface area contributed by atoms with Crippen LogP contribution in [0.15, 0.2) is 48.5 Å². The summed E-state index contributed by atoms with van der Waals surface area (Å²) in [5, 5.41) is 5.08. The molecule has 0 aliphatic rings. The predicted molar refractivity (Wildman–Crippen MR) is 84.1 cm³/mol. The van der Waals surface area contributed by atoms with E-state index in [0.29, 0.717) is 12.1 Å². The third kappa shape index (κ3) is 4.70. The number of aryl methyl sites for hydroxylation is 1. The Balaban J connectivity index is 1.97. The van der Waals surface area contributed by atoms with Gasteiger partial charge in [0.1, 0.15) is 5.82 Å². The van der Waals surface area contributed by atoms with Crippen molar-refractivity contribution in [3.63, 3.8) is 0 Å². The van der Waals surface area contributed by atoms with E-state index >= 15 is 0 Å². The number of nitrogens with one attached hydrogen (secondary N) is 2. The van der Waals surface area contributed by atoms with Crippen LogP contribution in [0.2, 0.25) is 0 Å². The van der Waals surface area contributed by atoms with Crippen molar-refractivity contribution in [3.8, 4) is 0 Å². The molecule has 0 aliphatic heterocycles. The van der Waals surface area contributed by atoms with Crippen molar-refractivity contribution in [2.45, 2.75) is 19.8 Å². The summed E-state index contributed by atoms with van der Waals surface area (Å²) in [6, 6.07) is 13.6. The minimum atomic E-state index is -0.540. The molecule has 2 aromatic carbocycles. The quantitative estimate of drug-likeness (QED) is 0.889. The standard InChI is InChI=1S/C17H17FN2O2/c1-12(21)19-14-8-9-15(18)16(11-14)20-17(22)10-7-13-5-3-2-4-6-13/h2-6,8-9,11H,7,10H2,1H3,(H,19,21)(H,20,22).